The molecule has 0 aliphatic carbocycles. The fourth-order valence-electron chi connectivity index (χ4n) is 2.45. The minimum atomic E-state index is 0.769. The summed E-state index contributed by atoms with van der Waals surface area (Å²) < 4.78 is 1.07. The first kappa shape index (κ1) is 14.0. The van der Waals surface area contributed by atoms with Crippen molar-refractivity contribution in [3.8, 4) is 0 Å². The Kier molecular flexibility index (Phi) is 5.15. The molecule has 0 spiro atoms. The zero-order chi connectivity index (χ0) is 13.0. The average Bonchev–Trinajstić information content (AvgIpc) is 2.31. The Morgan fingerprint density at radius 2 is 1.83 bits per heavy atom. The Bertz CT molecular complexity index is 373. The summed E-state index contributed by atoms with van der Waals surface area (Å²) in [6.07, 6.45) is 3.80. The van der Waals surface area contributed by atoms with Crippen molar-refractivity contribution in [2.24, 2.45) is 5.92 Å². The monoisotopic (exact) mass is 311 g/mol. The SMILES string of the molecule is CC(C)CN1CCN(Cc2cncc(Br)c2)CC1. The van der Waals surface area contributed by atoms with E-state index in [1.54, 1.807) is 0 Å². The van der Waals surface area contributed by atoms with E-state index in [2.05, 4.69) is 50.6 Å². The molecule has 1 aliphatic rings. The zero-order valence-electron chi connectivity index (χ0n) is 11.3. The molecule has 0 aromatic carbocycles. The van der Waals surface area contributed by atoms with Crippen molar-refractivity contribution in [3.05, 3.63) is 28.5 Å². The van der Waals surface area contributed by atoms with Gasteiger partial charge in [0, 0.05) is 56.1 Å². The number of pyridine rings is 1. The van der Waals surface area contributed by atoms with Crippen molar-refractivity contribution in [1.29, 1.82) is 0 Å². The van der Waals surface area contributed by atoms with E-state index >= 15 is 0 Å². The van der Waals surface area contributed by atoms with Gasteiger partial charge in [-0.1, -0.05) is 13.8 Å². The van der Waals surface area contributed by atoms with Crippen molar-refractivity contribution in [2.45, 2.75) is 20.4 Å². The number of hydrogen-bond acceptors (Lipinski definition) is 3. The first-order valence-electron chi connectivity index (χ1n) is 6.67. The fraction of sp³-hybridized carbons (Fsp3) is 0.643. The summed E-state index contributed by atoms with van der Waals surface area (Å²) in [5, 5.41) is 0. The number of halogens is 1. The number of rotatable bonds is 4. The summed E-state index contributed by atoms with van der Waals surface area (Å²) in [5.74, 6) is 0.769. The third-order valence-corrected chi connectivity index (χ3v) is 3.69. The number of hydrogen-bond donors (Lipinski definition) is 0. The molecule has 0 radical (unpaired) electrons. The van der Waals surface area contributed by atoms with Gasteiger partial charge in [-0.05, 0) is 33.5 Å². The van der Waals surface area contributed by atoms with E-state index in [1.165, 1.54) is 38.3 Å². The van der Waals surface area contributed by atoms with Crippen LogP contribution < -0.4 is 0 Å². The minimum absolute atomic E-state index is 0.769. The molecule has 2 rings (SSSR count). The van der Waals surface area contributed by atoms with Crippen LogP contribution in [0, 0.1) is 5.92 Å². The maximum Gasteiger partial charge on any atom is 0.0410 e. The van der Waals surface area contributed by atoms with Crippen LogP contribution >= 0.6 is 15.9 Å². The van der Waals surface area contributed by atoms with Gasteiger partial charge in [0.25, 0.3) is 0 Å². The molecule has 0 saturated carbocycles. The Labute approximate surface area is 118 Å². The van der Waals surface area contributed by atoms with E-state index in [0.717, 1.165) is 16.9 Å². The zero-order valence-corrected chi connectivity index (χ0v) is 12.9. The molecule has 2 heterocycles. The van der Waals surface area contributed by atoms with E-state index in [1.807, 2.05) is 12.4 Å². The highest BCUT2D eigenvalue weighted by atomic mass is 79.9. The van der Waals surface area contributed by atoms with Gasteiger partial charge in [0.2, 0.25) is 0 Å². The highest BCUT2D eigenvalue weighted by Crippen LogP contribution is 2.13. The van der Waals surface area contributed by atoms with Crippen LogP contribution in [0.3, 0.4) is 0 Å². The van der Waals surface area contributed by atoms with Crippen LogP contribution in [-0.4, -0.2) is 47.5 Å². The van der Waals surface area contributed by atoms with Gasteiger partial charge >= 0.3 is 0 Å². The molecular formula is C14H22BrN3. The van der Waals surface area contributed by atoms with E-state index in [-0.39, 0.29) is 0 Å². The third kappa shape index (κ3) is 4.34. The van der Waals surface area contributed by atoms with E-state index in [4.69, 9.17) is 0 Å². The van der Waals surface area contributed by atoms with Gasteiger partial charge < -0.3 is 4.90 Å². The standard InChI is InChI=1S/C14H22BrN3/c1-12(2)10-17-3-5-18(6-4-17)11-13-7-14(15)9-16-8-13/h7-9,12H,3-6,10-11H2,1-2H3. The fourth-order valence-corrected chi connectivity index (χ4v) is 2.86. The van der Waals surface area contributed by atoms with Crippen molar-refractivity contribution in [3.63, 3.8) is 0 Å². The molecule has 100 valence electrons. The van der Waals surface area contributed by atoms with E-state index < -0.39 is 0 Å². The van der Waals surface area contributed by atoms with Gasteiger partial charge in [0.05, 0.1) is 0 Å². The molecule has 1 fully saturated rings. The maximum atomic E-state index is 4.22. The summed E-state index contributed by atoms with van der Waals surface area (Å²) in [5.41, 5.74) is 1.29. The molecule has 0 N–H and O–H groups in total. The molecule has 1 aromatic rings. The molecule has 18 heavy (non-hydrogen) atoms. The van der Waals surface area contributed by atoms with E-state index in [0.29, 0.717) is 0 Å². The van der Waals surface area contributed by atoms with Crippen LogP contribution in [0.2, 0.25) is 0 Å². The van der Waals surface area contributed by atoms with E-state index in [9.17, 15) is 0 Å². The minimum Gasteiger partial charge on any atom is -0.301 e. The molecule has 4 heteroatoms. The van der Waals surface area contributed by atoms with Crippen LogP contribution in [-0.2, 0) is 6.54 Å². The Hall–Kier alpha value is -0.450. The second-order valence-corrected chi connectivity index (χ2v) is 6.40. The quantitative estimate of drug-likeness (QED) is 0.852. The predicted molar refractivity (Wildman–Crippen MR) is 78.5 cm³/mol. The van der Waals surface area contributed by atoms with Gasteiger partial charge in [-0.3, -0.25) is 9.88 Å². The summed E-state index contributed by atoms with van der Waals surface area (Å²) >= 11 is 3.47. The summed E-state index contributed by atoms with van der Waals surface area (Å²) in [6.45, 7) is 11.5. The van der Waals surface area contributed by atoms with Gasteiger partial charge in [-0.25, -0.2) is 0 Å². The number of piperazine rings is 1. The second kappa shape index (κ2) is 6.64. The predicted octanol–water partition coefficient (Wildman–Crippen LogP) is 2.62. The molecule has 0 bridgehead atoms. The first-order chi connectivity index (χ1) is 8.63. The number of nitrogens with zero attached hydrogens (tertiary/aromatic N) is 3. The molecule has 1 aromatic heterocycles. The van der Waals surface area contributed by atoms with Crippen LogP contribution in [0.15, 0.2) is 22.9 Å². The van der Waals surface area contributed by atoms with Crippen LogP contribution in [0.5, 0.6) is 0 Å². The lowest BCUT2D eigenvalue weighted by molar-refractivity contribution is 0.117. The largest absolute Gasteiger partial charge is 0.301 e. The molecule has 0 atom stereocenters. The van der Waals surface area contributed by atoms with Crippen molar-refractivity contribution in [2.75, 3.05) is 32.7 Å². The van der Waals surface area contributed by atoms with Crippen LogP contribution in [0.25, 0.3) is 0 Å². The van der Waals surface area contributed by atoms with Crippen molar-refractivity contribution >= 4 is 15.9 Å². The summed E-state index contributed by atoms with van der Waals surface area (Å²) in [4.78, 5) is 9.30. The lowest BCUT2D eigenvalue weighted by atomic mass is 10.2. The highest BCUT2D eigenvalue weighted by Gasteiger charge is 2.17. The summed E-state index contributed by atoms with van der Waals surface area (Å²) in [7, 11) is 0. The molecule has 0 amide bonds. The molecule has 0 unspecified atom stereocenters. The van der Waals surface area contributed by atoms with Crippen LogP contribution in [0.4, 0.5) is 0 Å². The highest BCUT2D eigenvalue weighted by molar-refractivity contribution is 9.10. The molecule has 3 nitrogen and oxygen atoms in total. The maximum absolute atomic E-state index is 4.22. The lowest BCUT2D eigenvalue weighted by Crippen LogP contribution is -2.46. The lowest BCUT2D eigenvalue weighted by Gasteiger charge is -2.35. The van der Waals surface area contributed by atoms with Gasteiger partial charge in [-0.2, -0.15) is 0 Å². The smallest absolute Gasteiger partial charge is 0.0410 e. The Morgan fingerprint density at radius 1 is 1.17 bits per heavy atom. The Morgan fingerprint density at radius 3 is 2.44 bits per heavy atom. The molecule has 1 aliphatic heterocycles. The van der Waals surface area contributed by atoms with Gasteiger partial charge in [0.15, 0.2) is 0 Å². The normalized spacial score (nSPS) is 18.4. The Balaban J connectivity index is 1.80. The van der Waals surface area contributed by atoms with Gasteiger partial charge in [0.1, 0.15) is 0 Å². The van der Waals surface area contributed by atoms with Crippen molar-refractivity contribution < 1.29 is 0 Å². The molecular weight excluding hydrogens is 290 g/mol. The first-order valence-corrected chi connectivity index (χ1v) is 7.47. The third-order valence-electron chi connectivity index (χ3n) is 3.26. The topological polar surface area (TPSA) is 19.4 Å². The van der Waals surface area contributed by atoms with Gasteiger partial charge in [-0.15, -0.1) is 0 Å². The number of aromatic nitrogens is 1. The summed E-state index contributed by atoms with van der Waals surface area (Å²) in [6, 6.07) is 2.16. The second-order valence-electron chi connectivity index (χ2n) is 5.48. The van der Waals surface area contributed by atoms with Crippen LogP contribution in [0.1, 0.15) is 19.4 Å². The molecule has 1 saturated heterocycles. The van der Waals surface area contributed by atoms with Crippen molar-refractivity contribution in [1.82, 2.24) is 14.8 Å². The average molecular weight is 312 g/mol.